The van der Waals surface area contributed by atoms with E-state index in [2.05, 4.69) is 29.4 Å². The predicted octanol–water partition coefficient (Wildman–Crippen LogP) is 5.26. The summed E-state index contributed by atoms with van der Waals surface area (Å²) in [6, 6.07) is 6.98. The van der Waals surface area contributed by atoms with Crippen molar-refractivity contribution in [1.29, 1.82) is 0 Å². The number of methoxy groups -OCH3 is 1. The highest BCUT2D eigenvalue weighted by Gasteiger charge is 2.37. The number of carboxylic acids is 1. The smallest absolute Gasteiger partial charge is 0.325 e. The normalized spacial score (nSPS) is 18.4. The molecule has 7 nitrogen and oxygen atoms in total. The maximum absolute atomic E-state index is 14.8. The number of carboxylic acid groups (broad SMARTS) is 1. The Balaban J connectivity index is 1.29. The summed E-state index contributed by atoms with van der Waals surface area (Å²) in [4.78, 5) is 21.5. The molecule has 38 heavy (non-hydrogen) atoms. The highest BCUT2D eigenvalue weighted by Crippen LogP contribution is 2.37. The molecule has 0 unspecified atom stereocenters. The second-order valence-corrected chi connectivity index (χ2v) is 11.1. The molecule has 2 N–H and O–H groups in total. The molecule has 8 heteroatoms. The van der Waals surface area contributed by atoms with E-state index in [1.165, 1.54) is 25.2 Å². The number of fused-ring (bicyclic) bond motifs is 1. The lowest BCUT2D eigenvalue weighted by molar-refractivity contribution is -0.143. The number of benzene rings is 1. The van der Waals surface area contributed by atoms with Crippen LogP contribution in [0, 0.1) is 5.82 Å². The number of carbonyl (C=O) groups is 1. The monoisotopic (exact) mass is 526 g/mol. The fraction of sp³-hybridized carbons (Fsp3) is 0.600. The SMILES string of the molecule is COc1c(F)cc(C(C)C)cc1[C@H](C(=O)O)N1CC[C@@H](N(C)CCCCCc2ccc3c(n2)NCCC3)C1. The number of aryl methyl sites for hydroxylation is 2. The number of halogens is 1. The third kappa shape index (κ3) is 6.64. The molecule has 0 amide bonds. The first kappa shape index (κ1) is 28.3. The van der Waals surface area contributed by atoms with E-state index in [9.17, 15) is 14.3 Å². The number of hydrogen-bond donors (Lipinski definition) is 2. The number of pyridine rings is 1. The predicted molar refractivity (Wildman–Crippen MR) is 149 cm³/mol. The number of nitrogens with one attached hydrogen (secondary N) is 1. The number of anilines is 1. The second-order valence-electron chi connectivity index (χ2n) is 11.1. The summed E-state index contributed by atoms with van der Waals surface area (Å²) < 4.78 is 20.1. The zero-order valence-electron chi connectivity index (χ0n) is 23.3. The van der Waals surface area contributed by atoms with Crippen LogP contribution in [0.2, 0.25) is 0 Å². The van der Waals surface area contributed by atoms with Crippen molar-refractivity contribution < 1.29 is 19.0 Å². The molecule has 0 saturated carbocycles. The number of rotatable bonds is 12. The van der Waals surface area contributed by atoms with Gasteiger partial charge in [0.1, 0.15) is 11.9 Å². The van der Waals surface area contributed by atoms with E-state index in [4.69, 9.17) is 9.72 Å². The summed E-state index contributed by atoms with van der Waals surface area (Å²) in [5.41, 5.74) is 3.66. The van der Waals surface area contributed by atoms with Crippen LogP contribution < -0.4 is 10.1 Å². The number of unbranched alkanes of at least 4 members (excludes halogenated alkanes) is 2. The van der Waals surface area contributed by atoms with Crippen molar-refractivity contribution in [3.63, 3.8) is 0 Å². The summed E-state index contributed by atoms with van der Waals surface area (Å²) in [5.74, 6) is -0.300. The molecule has 0 radical (unpaired) electrons. The van der Waals surface area contributed by atoms with Gasteiger partial charge in [-0.15, -0.1) is 0 Å². The van der Waals surface area contributed by atoms with Crippen LogP contribution in [-0.2, 0) is 17.6 Å². The minimum atomic E-state index is -0.974. The van der Waals surface area contributed by atoms with Gasteiger partial charge in [0.15, 0.2) is 11.6 Å². The molecule has 1 aromatic carbocycles. The quantitative estimate of drug-likeness (QED) is 0.366. The van der Waals surface area contributed by atoms with Crippen LogP contribution >= 0.6 is 0 Å². The van der Waals surface area contributed by atoms with Gasteiger partial charge >= 0.3 is 5.97 Å². The maximum atomic E-state index is 14.8. The van der Waals surface area contributed by atoms with E-state index >= 15 is 0 Å². The van der Waals surface area contributed by atoms with Crippen molar-refractivity contribution in [2.75, 3.05) is 45.7 Å². The Kier molecular flexibility index (Phi) is 9.60. The number of ether oxygens (including phenoxy) is 1. The highest BCUT2D eigenvalue weighted by atomic mass is 19.1. The van der Waals surface area contributed by atoms with E-state index in [1.807, 2.05) is 18.7 Å². The van der Waals surface area contributed by atoms with Gasteiger partial charge in [-0.05, 0) is 87.4 Å². The fourth-order valence-corrected chi connectivity index (χ4v) is 5.77. The van der Waals surface area contributed by atoms with Crippen molar-refractivity contribution >= 4 is 11.8 Å². The van der Waals surface area contributed by atoms with Gasteiger partial charge in [0.25, 0.3) is 0 Å². The van der Waals surface area contributed by atoms with Gasteiger partial charge in [-0.1, -0.05) is 26.3 Å². The number of aromatic nitrogens is 1. The Morgan fingerprint density at radius 1 is 1.29 bits per heavy atom. The lowest BCUT2D eigenvalue weighted by Crippen LogP contribution is -2.38. The van der Waals surface area contributed by atoms with Crippen LogP contribution in [0.3, 0.4) is 0 Å². The Hall–Kier alpha value is -2.71. The first-order valence-electron chi connectivity index (χ1n) is 14.1. The van der Waals surface area contributed by atoms with Gasteiger partial charge in [-0.2, -0.15) is 0 Å². The molecule has 1 aromatic heterocycles. The maximum Gasteiger partial charge on any atom is 0.325 e. The van der Waals surface area contributed by atoms with E-state index in [1.54, 1.807) is 6.07 Å². The van der Waals surface area contributed by atoms with E-state index in [0.717, 1.165) is 68.7 Å². The zero-order valence-corrected chi connectivity index (χ0v) is 23.3. The molecule has 0 spiro atoms. The standard InChI is InChI=1S/C30H43FN4O3/c1-20(2)22-17-25(28(38-4)26(31)18-22)27(30(36)37)35-16-13-24(19-35)34(3)15-7-5-6-10-23-12-11-21-9-8-14-32-29(21)33-23/h11-12,17-18,20,24,27H,5-10,13-16,19H2,1-4H3,(H,32,33)(H,36,37)/t24-,27-/m1/s1. The third-order valence-corrected chi connectivity index (χ3v) is 8.07. The van der Waals surface area contributed by atoms with Gasteiger partial charge in [-0.3, -0.25) is 9.69 Å². The summed E-state index contributed by atoms with van der Waals surface area (Å²) >= 11 is 0. The Bertz CT molecular complexity index is 1110. The Morgan fingerprint density at radius 3 is 2.84 bits per heavy atom. The molecule has 2 aliphatic heterocycles. The molecule has 2 atom stereocenters. The number of likely N-dealkylation sites (tertiary alicyclic amines) is 1. The van der Waals surface area contributed by atoms with Crippen LogP contribution in [0.25, 0.3) is 0 Å². The topological polar surface area (TPSA) is 77.9 Å². The summed E-state index contributed by atoms with van der Waals surface area (Å²) in [6.07, 6.45) is 7.50. The first-order valence-corrected chi connectivity index (χ1v) is 14.1. The van der Waals surface area contributed by atoms with Crippen LogP contribution in [-0.4, -0.2) is 72.2 Å². The Morgan fingerprint density at radius 2 is 2.11 bits per heavy atom. The molecule has 2 aromatic rings. The van der Waals surface area contributed by atoms with E-state index < -0.39 is 17.8 Å². The molecular formula is C30H43FN4O3. The summed E-state index contributed by atoms with van der Waals surface area (Å²) in [6.45, 7) is 7.22. The molecular weight excluding hydrogens is 483 g/mol. The van der Waals surface area contributed by atoms with E-state index in [0.29, 0.717) is 18.7 Å². The van der Waals surface area contributed by atoms with Gasteiger partial charge < -0.3 is 20.1 Å². The van der Waals surface area contributed by atoms with Crippen molar-refractivity contribution in [3.8, 4) is 5.75 Å². The minimum Gasteiger partial charge on any atom is -0.493 e. The zero-order chi connectivity index (χ0) is 27.2. The number of aliphatic carboxylic acids is 1. The average molecular weight is 527 g/mol. The van der Waals surface area contributed by atoms with Gasteiger partial charge in [-0.25, -0.2) is 9.37 Å². The largest absolute Gasteiger partial charge is 0.493 e. The first-order chi connectivity index (χ1) is 18.3. The van der Waals surface area contributed by atoms with Gasteiger partial charge in [0.05, 0.1) is 7.11 Å². The highest BCUT2D eigenvalue weighted by molar-refractivity contribution is 5.77. The molecule has 0 bridgehead atoms. The van der Waals surface area contributed by atoms with Crippen LogP contribution in [0.15, 0.2) is 24.3 Å². The van der Waals surface area contributed by atoms with Crippen molar-refractivity contribution in [1.82, 2.24) is 14.8 Å². The van der Waals surface area contributed by atoms with Crippen LogP contribution in [0.5, 0.6) is 5.75 Å². The summed E-state index contributed by atoms with van der Waals surface area (Å²) in [5, 5.41) is 13.6. The third-order valence-electron chi connectivity index (χ3n) is 8.07. The lowest BCUT2D eigenvalue weighted by atomic mass is 9.95. The van der Waals surface area contributed by atoms with Crippen molar-refractivity contribution in [3.05, 3.63) is 52.5 Å². The van der Waals surface area contributed by atoms with Crippen LogP contribution in [0.4, 0.5) is 10.2 Å². The molecule has 1 saturated heterocycles. The molecule has 1 fully saturated rings. The molecule has 0 aliphatic carbocycles. The van der Waals surface area contributed by atoms with Gasteiger partial charge in [0, 0.05) is 36.9 Å². The van der Waals surface area contributed by atoms with Crippen molar-refractivity contribution in [2.45, 2.75) is 76.8 Å². The number of likely N-dealkylation sites (N-methyl/N-ethyl adjacent to an activating group) is 1. The van der Waals surface area contributed by atoms with E-state index in [-0.39, 0.29) is 17.7 Å². The molecule has 4 rings (SSSR count). The summed E-state index contributed by atoms with van der Waals surface area (Å²) in [7, 11) is 3.52. The van der Waals surface area contributed by atoms with Crippen LogP contribution in [0.1, 0.15) is 80.3 Å². The average Bonchev–Trinajstić information content (AvgIpc) is 3.37. The lowest BCUT2D eigenvalue weighted by Gasteiger charge is -2.29. The number of hydrogen-bond acceptors (Lipinski definition) is 6. The molecule has 2 aliphatic rings. The molecule has 3 heterocycles. The second kappa shape index (κ2) is 12.9. The van der Waals surface area contributed by atoms with Crippen molar-refractivity contribution in [2.24, 2.45) is 0 Å². The minimum absolute atomic E-state index is 0.0304. The van der Waals surface area contributed by atoms with Gasteiger partial charge in [0.2, 0.25) is 0 Å². The number of nitrogens with zero attached hydrogens (tertiary/aromatic N) is 3. The Labute approximate surface area is 226 Å². The fourth-order valence-electron chi connectivity index (χ4n) is 5.77. The molecule has 208 valence electrons.